The molecule has 0 aliphatic carbocycles. The van der Waals surface area contributed by atoms with Crippen LogP contribution in [-0.2, 0) is 6.18 Å². The molecule has 0 aliphatic heterocycles. The van der Waals surface area contributed by atoms with E-state index in [4.69, 9.17) is 0 Å². The van der Waals surface area contributed by atoms with Gasteiger partial charge in [0.05, 0.1) is 5.56 Å². The van der Waals surface area contributed by atoms with Gasteiger partial charge in [-0.3, -0.25) is 0 Å². The van der Waals surface area contributed by atoms with Crippen molar-refractivity contribution >= 4 is 0 Å². The van der Waals surface area contributed by atoms with Crippen molar-refractivity contribution in [1.29, 1.82) is 0 Å². The molecule has 0 fully saturated rings. The average molecular weight is 238 g/mol. The number of aromatic nitrogens is 1. The Balaban J connectivity index is 2.55. The molecule has 1 aromatic carbocycles. The smallest absolute Gasteiger partial charge is 0.318 e. The fraction of sp³-hybridized carbons (Fsp3) is 0.231. The fourth-order valence-corrected chi connectivity index (χ4v) is 1.83. The van der Waals surface area contributed by atoms with Crippen molar-refractivity contribution < 1.29 is 13.2 Å². The lowest BCUT2D eigenvalue weighted by atomic mass is 10.2. The predicted molar refractivity (Wildman–Crippen MR) is 59.1 cm³/mol. The highest BCUT2D eigenvalue weighted by Gasteiger charge is 2.30. The minimum Gasteiger partial charge on any atom is -0.318 e. The SMILES string of the molecule is Cc1ccc(C)n1-c1c[c]cc(C(F)(F)F)c1. The third-order valence-corrected chi connectivity index (χ3v) is 2.63. The number of hydrogen-bond donors (Lipinski definition) is 0. The van der Waals surface area contributed by atoms with E-state index in [9.17, 15) is 13.2 Å². The summed E-state index contributed by atoms with van der Waals surface area (Å²) < 4.78 is 39.5. The van der Waals surface area contributed by atoms with Crippen LogP contribution < -0.4 is 0 Å². The van der Waals surface area contributed by atoms with Gasteiger partial charge in [0.1, 0.15) is 0 Å². The Morgan fingerprint density at radius 3 is 2.18 bits per heavy atom. The first-order chi connectivity index (χ1) is 7.89. The maximum Gasteiger partial charge on any atom is 0.416 e. The Hall–Kier alpha value is -1.71. The van der Waals surface area contributed by atoms with E-state index < -0.39 is 11.7 Å². The van der Waals surface area contributed by atoms with Gasteiger partial charge < -0.3 is 4.57 Å². The summed E-state index contributed by atoms with van der Waals surface area (Å²) in [6.45, 7) is 3.71. The first-order valence-electron chi connectivity index (χ1n) is 5.13. The molecule has 0 saturated heterocycles. The molecular formula is C13H11F3N. The van der Waals surface area contributed by atoms with Crippen LogP contribution in [0.4, 0.5) is 13.2 Å². The zero-order valence-corrected chi connectivity index (χ0v) is 9.47. The number of aryl methyl sites for hydroxylation is 2. The molecule has 0 saturated carbocycles. The van der Waals surface area contributed by atoms with E-state index >= 15 is 0 Å². The van der Waals surface area contributed by atoms with Crippen LogP contribution in [0.3, 0.4) is 0 Å². The van der Waals surface area contributed by atoms with Gasteiger partial charge in [0.15, 0.2) is 0 Å². The Morgan fingerprint density at radius 1 is 1.06 bits per heavy atom. The molecule has 0 atom stereocenters. The van der Waals surface area contributed by atoms with Crippen molar-refractivity contribution in [2.75, 3.05) is 0 Å². The predicted octanol–water partition coefficient (Wildman–Crippen LogP) is 3.91. The van der Waals surface area contributed by atoms with Gasteiger partial charge in [-0.05, 0) is 50.2 Å². The summed E-state index contributed by atoms with van der Waals surface area (Å²) in [6, 6.07) is 9.92. The van der Waals surface area contributed by atoms with E-state index in [0.29, 0.717) is 5.69 Å². The molecule has 1 heterocycles. The van der Waals surface area contributed by atoms with E-state index in [-0.39, 0.29) is 0 Å². The van der Waals surface area contributed by atoms with Crippen molar-refractivity contribution in [2.24, 2.45) is 0 Å². The van der Waals surface area contributed by atoms with Crippen LogP contribution in [0.2, 0.25) is 0 Å². The number of nitrogens with zero attached hydrogens (tertiary/aromatic N) is 1. The molecular weight excluding hydrogens is 227 g/mol. The maximum absolute atomic E-state index is 12.6. The van der Waals surface area contributed by atoms with E-state index in [2.05, 4.69) is 6.07 Å². The minimum absolute atomic E-state index is 0.486. The average Bonchev–Trinajstić information content (AvgIpc) is 2.57. The molecule has 1 aromatic heterocycles. The van der Waals surface area contributed by atoms with Gasteiger partial charge in [0, 0.05) is 17.1 Å². The lowest BCUT2D eigenvalue weighted by Gasteiger charge is -2.12. The Labute approximate surface area is 97.5 Å². The molecule has 0 spiro atoms. The van der Waals surface area contributed by atoms with Crippen LogP contribution in [0.5, 0.6) is 0 Å². The second-order valence-corrected chi connectivity index (χ2v) is 3.93. The lowest BCUT2D eigenvalue weighted by Crippen LogP contribution is -2.07. The quantitative estimate of drug-likeness (QED) is 0.709. The standard InChI is InChI=1S/C13H11F3N/c1-9-6-7-10(2)17(9)12-5-3-4-11(8-12)13(14,15)16/h4-8H,1-2H3. The van der Waals surface area contributed by atoms with Crippen LogP contribution >= 0.6 is 0 Å². The molecule has 1 radical (unpaired) electrons. The first kappa shape index (κ1) is 11.8. The molecule has 0 bridgehead atoms. The zero-order chi connectivity index (χ0) is 12.6. The molecule has 89 valence electrons. The summed E-state index contributed by atoms with van der Waals surface area (Å²) in [5.41, 5.74) is 1.60. The van der Waals surface area contributed by atoms with Gasteiger partial charge in [-0.25, -0.2) is 0 Å². The minimum atomic E-state index is -4.33. The van der Waals surface area contributed by atoms with E-state index in [0.717, 1.165) is 23.5 Å². The van der Waals surface area contributed by atoms with Crippen molar-refractivity contribution in [2.45, 2.75) is 20.0 Å². The zero-order valence-electron chi connectivity index (χ0n) is 9.47. The molecule has 1 nitrogen and oxygen atoms in total. The van der Waals surface area contributed by atoms with Gasteiger partial charge in [0.25, 0.3) is 0 Å². The molecule has 0 unspecified atom stereocenters. The number of halogens is 3. The van der Waals surface area contributed by atoms with Crippen LogP contribution in [0.15, 0.2) is 30.3 Å². The molecule has 0 N–H and O–H groups in total. The van der Waals surface area contributed by atoms with Gasteiger partial charge >= 0.3 is 6.18 Å². The maximum atomic E-state index is 12.6. The summed E-state index contributed by atoms with van der Waals surface area (Å²) in [6.07, 6.45) is -4.33. The van der Waals surface area contributed by atoms with Crippen LogP contribution in [0.25, 0.3) is 5.69 Å². The van der Waals surface area contributed by atoms with Gasteiger partial charge in [-0.15, -0.1) is 0 Å². The highest BCUT2D eigenvalue weighted by atomic mass is 19.4. The number of alkyl halides is 3. The highest BCUT2D eigenvalue weighted by Crippen LogP contribution is 2.30. The summed E-state index contributed by atoms with van der Waals surface area (Å²) in [5.74, 6) is 0. The van der Waals surface area contributed by atoms with E-state index in [1.165, 1.54) is 0 Å². The molecule has 17 heavy (non-hydrogen) atoms. The normalized spacial score (nSPS) is 11.8. The Morgan fingerprint density at radius 2 is 1.65 bits per heavy atom. The monoisotopic (exact) mass is 238 g/mol. The molecule has 2 rings (SSSR count). The summed E-state index contributed by atoms with van der Waals surface area (Å²) in [5, 5.41) is 0. The van der Waals surface area contributed by atoms with Gasteiger partial charge in [-0.1, -0.05) is 0 Å². The second kappa shape index (κ2) is 3.95. The van der Waals surface area contributed by atoms with Gasteiger partial charge in [-0.2, -0.15) is 13.2 Å². The van der Waals surface area contributed by atoms with Crippen molar-refractivity contribution in [3.05, 3.63) is 53.3 Å². The summed E-state index contributed by atoms with van der Waals surface area (Å²) >= 11 is 0. The van der Waals surface area contributed by atoms with Crippen molar-refractivity contribution in [3.63, 3.8) is 0 Å². The number of benzene rings is 1. The van der Waals surface area contributed by atoms with E-state index in [1.807, 2.05) is 26.0 Å². The molecule has 0 aliphatic rings. The van der Waals surface area contributed by atoms with Gasteiger partial charge in [0.2, 0.25) is 0 Å². The van der Waals surface area contributed by atoms with Crippen molar-refractivity contribution in [3.8, 4) is 5.69 Å². The van der Waals surface area contributed by atoms with E-state index in [1.54, 1.807) is 10.6 Å². The van der Waals surface area contributed by atoms with Crippen molar-refractivity contribution in [1.82, 2.24) is 4.57 Å². The Kier molecular flexibility index (Phi) is 2.73. The summed E-state index contributed by atoms with van der Waals surface area (Å²) in [4.78, 5) is 0. The van der Waals surface area contributed by atoms with Crippen LogP contribution in [-0.4, -0.2) is 4.57 Å². The second-order valence-electron chi connectivity index (χ2n) is 3.93. The fourth-order valence-electron chi connectivity index (χ4n) is 1.83. The topological polar surface area (TPSA) is 4.93 Å². The molecule has 2 aromatic rings. The first-order valence-corrected chi connectivity index (χ1v) is 5.13. The number of hydrogen-bond acceptors (Lipinski definition) is 0. The number of rotatable bonds is 1. The van der Waals surface area contributed by atoms with Crippen LogP contribution in [0.1, 0.15) is 17.0 Å². The third kappa shape index (κ3) is 2.20. The van der Waals surface area contributed by atoms with Crippen LogP contribution in [0, 0.1) is 19.9 Å². The molecule has 4 heteroatoms. The lowest BCUT2D eigenvalue weighted by molar-refractivity contribution is -0.137. The third-order valence-electron chi connectivity index (χ3n) is 2.63. The highest BCUT2D eigenvalue weighted by molar-refractivity contribution is 5.40. The summed E-state index contributed by atoms with van der Waals surface area (Å²) in [7, 11) is 0. The molecule has 0 amide bonds. The largest absolute Gasteiger partial charge is 0.416 e. The Bertz CT molecular complexity index is 518.